The van der Waals surface area contributed by atoms with E-state index in [4.69, 9.17) is 0 Å². The molecular weight excluding hydrogens is 356 g/mol. The fourth-order valence-corrected chi connectivity index (χ4v) is 4.36. The Morgan fingerprint density at radius 3 is 2.52 bits per heavy atom. The van der Waals surface area contributed by atoms with Crippen molar-refractivity contribution in [1.82, 2.24) is 15.2 Å². The maximum atomic E-state index is 12.2. The van der Waals surface area contributed by atoms with Crippen LogP contribution >= 0.6 is 11.3 Å². The average molecular weight is 381 g/mol. The molecule has 1 amide bonds. The van der Waals surface area contributed by atoms with E-state index >= 15 is 0 Å². The molecule has 3 aromatic rings. The van der Waals surface area contributed by atoms with Gasteiger partial charge < -0.3 is 10.2 Å². The first kappa shape index (κ1) is 17.9. The lowest BCUT2D eigenvalue weighted by Crippen LogP contribution is -2.49. The van der Waals surface area contributed by atoms with Gasteiger partial charge in [0, 0.05) is 44.8 Å². The van der Waals surface area contributed by atoms with Crippen molar-refractivity contribution >= 4 is 33.1 Å². The van der Waals surface area contributed by atoms with Crippen LogP contribution in [0, 0.1) is 0 Å². The Bertz CT molecular complexity index is 854. The van der Waals surface area contributed by atoms with Gasteiger partial charge in [-0.2, -0.15) is 0 Å². The SMILES string of the molecule is O=C(CN1CCN(c2ccccc2)CC1)NCCc1nc2ccccc2s1. The summed E-state index contributed by atoms with van der Waals surface area (Å²) in [5.74, 6) is 0.101. The highest BCUT2D eigenvalue weighted by Gasteiger charge is 2.19. The van der Waals surface area contributed by atoms with Crippen molar-refractivity contribution in [2.24, 2.45) is 0 Å². The van der Waals surface area contributed by atoms with Gasteiger partial charge in [-0.3, -0.25) is 9.69 Å². The second kappa shape index (κ2) is 8.50. The summed E-state index contributed by atoms with van der Waals surface area (Å²) in [7, 11) is 0. The maximum Gasteiger partial charge on any atom is 0.234 e. The van der Waals surface area contributed by atoms with Crippen LogP contribution in [0.5, 0.6) is 0 Å². The molecule has 2 aromatic carbocycles. The molecule has 140 valence electrons. The van der Waals surface area contributed by atoms with Crippen LogP contribution in [0.3, 0.4) is 0 Å². The number of aromatic nitrogens is 1. The van der Waals surface area contributed by atoms with Crippen molar-refractivity contribution in [3.8, 4) is 0 Å². The fourth-order valence-electron chi connectivity index (χ4n) is 3.40. The molecule has 6 heteroatoms. The van der Waals surface area contributed by atoms with E-state index in [0.29, 0.717) is 13.1 Å². The molecule has 5 nitrogen and oxygen atoms in total. The molecule has 0 radical (unpaired) electrons. The number of carbonyl (C=O) groups is 1. The topological polar surface area (TPSA) is 48.5 Å². The van der Waals surface area contributed by atoms with E-state index in [1.807, 2.05) is 24.3 Å². The molecule has 1 N–H and O–H groups in total. The van der Waals surface area contributed by atoms with Gasteiger partial charge in [-0.1, -0.05) is 30.3 Å². The molecule has 0 atom stereocenters. The predicted octanol–water partition coefficient (Wildman–Crippen LogP) is 2.78. The predicted molar refractivity (Wildman–Crippen MR) is 111 cm³/mol. The van der Waals surface area contributed by atoms with Crippen molar-refractivity contribution in [2.75, 3.05) is 44.2 Å². The smallest absolute Gasteiger partial charge is 0.234 e. The number of benzene rings is 2. The van der Waals surface area contributed by atoms with E-state index in [1.54, 1.807) is 11.3 Å². The molecule has 0 saturated carbocycles. The first-order chi connectivity index (χ1) is 13.3. The van der Waals surface area contributed by atoms with E-state index in [9.17, 15) is 4.79 Å². The molecule has 0 spiro atoms. The molecule has 2 heterocycles. The molecule has 1 aromatic heterocycles. The lowest BCUT2D eigenvalue weighted by Gasteiger charge is -2.35. The van der Waals surface area contributed by atoms with E-state index in [1.165, 1.54) is 10.4 Å². The number of piperazine rings is 1. The van der Waals surface area contributed by atoms with Crippen LogP contribution in [0.2, 0.25) is 0 Å². The Morgan fingerprint density at radius 2 is 1.74 bits per heavy atom. The van der Waals surface area contributed by atoms with Crippen LogP contribution in [0.1, 0.15) is 5.01 Å². The van der Waals surface area contributed by atoms with Gasteiger partial charge in [-0.05, 0) is 24.3 Å². The molecule has 1 saturated heterocycles. The number of nitrogens with one attached hydrogen (secondary N) is 1. The number of amides is 1. The number of carbonyl (C=O) groups excluding carboxylic acids is 1. The Kier molecular flexibility index (Phi) is 5.65. The lowest BCUT2D eigenvalue weighted by molar-refractivity contribution is -0.122. The van der Waals surface area contributed by atoms with Gasteiger partial charge in [0.2, 0.25) is 5.91 Å². The lowest BCUT2D eigenvalue weighted by atomic mass is 10.2. The Labute approximate surface area is 163 Å². The van der Waals surface area contributed by atoms with Gasteiger partial charge in [-0.15, -0.1) is 11.3 Å². The highest BCUT2D eigenvalue weighted by Crippen LogP contribution is 2.21. The third-order valence-corrected chi connectivity index (χ3v) is 5.96. The zero-order valence-electron chi connectivity index (χ0n) is 15.3. The summed E-state index contributed by atoms with van der Waals surface area (Å²) in [5, 5.41) is 4.11. The van der Waals surface area contributed by atoms with Crippen LogP contribution in [0.15, 0.2) is 54.6 Å². The second-order valence-corrected chi connectivity index (χ2v) is 7.89. The summed E-state index contributed by atoms with van der Waals surface area (Å²) in [6, 6.07) is 18.6. The third kappa shape index (κ3) is 4.64. The molecule has 0 unspecified atom stereocenters. The monoisotopic (exact) mass is 380 g/mol. The first-order valence-electron chi connectivity index (χ1n) is 9.41. The van der Waals surface area contributed by atoms with Crippen LogP contribution < -0.4 is 10.2 Å². The normalized spacial score (nSPS) is 15.2. The minimum absolute atomic E-state index is 0.101. The van der Waals surface area contributed by atoms with E-state index in [0.717, 1.165) is 43.1 Å². The third-order valence-electron chi connectivity index (χ3n) is 4.86. The van der Waals surface area contributed by atoms with E-state index < -0.39 is 0 Å². The van der Waals surface area contributed by atoms with Crippen molar-refractivity contribution in [1.29, 1.82) is 0 Å². The van der Waals surface area contributed by atoms with Crippen LogP contribution in [-0.4, -0.2) is 55.1 Å². The zero-order valence-corrected chi connectivity index (χ0v) is 16.1. The standard InChI is InChI=1S/C21H24N4OS/c26-20(22-11-10-21-23-18-8-4-5-9-19(18)27-21)16-24-12-14-25(15-13-24)17-6-2-1-3-7-17/h1-9H,10-16H2,(H,22,26). The van der Waals surface area contributed by atoms with Crippen LogP contribution in [0.4, 0.5) is 5.69 Å². The minimum atomic E-state index is 0.101. The van der Waals surface area contributed by atoms with Crippen molar-refractivity contribution in [2.45, 2.75) is 6.42 Å². The summed E-state index contributed by atoms with van der Waals surface area (Å²) in [5.41, 5.74) is 2.30. The summed E-state index contributed by atoms with van der Waals surface area (Å²) >= 11 is 1.70. The Morgan fingerprint density at radius 1 is 1.00 bits per heavy atom. The Balaban J connectivity index is 1.19. The number of fused-ring (bicyclic) bond motifs is 1. The molecule has 1 aliphatic heterocycles. The minimum Gasteiger partial charge on any atom is -0.369 e. The number of thiazole rings is 1. The zero-order chi connectivity index (χ0) is 18.5. The summed E-state index contributed by atoms with van der Waals surface area (Å²) in [4.78, 5) is 21.5. The molecule has 0 bridgehead atoms. The van der Waals surface area contributed by atoms with Crippen LogP contribution in [-0.2, 0) is 11.2 Å². The largest absolute Gasteiger partial charge is 0.369 e. The van der Waals surface area contributed by atoms with E-state index in [-0.39, 0.29) is 5.91 Å². The second-order valence-electron chi connectivity index (χ2n) is 6.77. The van der Waals surface area contributed by atoms with Gasteiger partial charge in [0.15, 0.2) is 0 Å². The maximum absolute atomic E-state index is 12.2. The molecule has 27 heavy (non-hydrogen) atoms. The van der Waals surface area contributed by atoms with Crippen LogP contribution in [0.25, 0.3) is 10.2 Å². The van der Waals surface area contributed by atoms with E-state index in [2.05, 4.69) is 50.4 Å². The number of hydrogen-bond acceptors (Lipinski definition) is 5. The summed E-state index contributed by atoms with van der Waals surface area (Å²) in [6.45, 7) is 4.87. The highest BCUT2D eigenvalue weighted by molar-refractivity contribution is 7.18. The summed E-state index contributed by atoms with van der Waals surface area (Å²) in [6.07, 6.45) is 0.785. The van der Waals surface area contributed by atoms with Crippen molar-refractivity contribution in [3.05, 3.63) is 59.6 Å². The average Bonchev–Trinajstić information content (AvgIpc) is 3.12. The van der Waals surface area contributed by atoms with Gasteiger partial charge in [-0.25, -0.2) is 4.98 Å². The van der Waals surface area contributed by atoms with Crippen molar-refractivity contribution < 1.29 is 4.79 Å². The summed E-state index contributed by atoms with van der Waals surface area (Å²) < 4.78 is 1.20. The highest BCUT2D eigenvalue weighted by atomic mass is 32.1. The number of nitrogens with zero attached hydrogens (tertiary/aromatic N) is 3. The fraction of sp³-hybridized carbons (Fsp3) is 0.333. The molecule has 4 rings (SSSR count). The molecule has 0 aliphatic carbocycles. The van der Waals surface area contributed by atoms with Crippen molar-refractivity contribution in [3.63, 3.8) is 0 Å². The van der Waals surface area contributed by atoms with Gasteiger partial charge >= 0.3 is 0 Å². The number of hydrogen-bond donors (Lipinski definition) is 1. The van der Waals surface area contributed by atoms with Gasteiger partial charge in [0.25, 0.3) is 0 Å². The molecular formula is C21H24N4OS. The molecule has 1 aliphatic rings. The number of rotatable bonds is 6. The van der Waals surface area contributed by atoms with Gasteiger partial charge in [0.05, 0.1) is 21.8 Å². The van der Waals surface area contributed by atoms with Gasteiger partial charge in [0.1, 0.15) is 0 Å². The quantitative estimate of drug-likeness (QED) is 0.714. The molecule has 1 fully saturated rings. The number of anilines is 1. The Hall–Kier alpha value is -2.44. The number of para-hydroxylation sites is 2. The first-order valence-corrected chi connectivity index (χ1v) is 10.2.